The summed E-state index contributed by atoms with van der Waals surface area (Å²) < 4.78 is 13.3. The van der Waals surface area contributed by atoms with Gasteiger partial charge in [0.1, 0.15) is 11.7 Å². The van der Waals surface area contributed by atoms with Gasteiger partial charge >= 0.3 is 0 Å². The first-order valence-corrected chi connectivity index (χ1v) is 6.95. The molecule has 19 heavy (non-hydrogen) atoms. The summed E-state index contributed by atoms with van der Waals surface area (Å²) in [7, 11) is 0. The van der Waals surface area contributed by atoms with E-state index in [9.17, 15) is 4.39 Å². The summed E-state index contributed by atoms with van der Waals surface area (Å²) in [6.07, 6.45) is 4.97. The highest BCUT2D eigenvalue weighted by Gasteiger charge is 2.18. The van der Waals surface area contributed by atoms with Crippen LogP contribution in [0.3, 0.4) is 0 Å². The van der Waals surface area contributed by atoms with Crippen LogP contribution in [0, 0.1) is 11.2 Å². The molecule has 3 nitrogen and oxygen atoms in total. The first kappa shape index (κ1) is 14.0. The molecule has 0 amide bonds. The fraction of sp³-hybridized carbons (Fsp3) is 0.533. The lowest BCUT2D eigenvalue weighted by Gasteiger charge is -2.27. The molecule has 1 heterocycles. The van der Waals surface area contributed by atoms with Gasteiger partial charge < -0.3 is 5.73 Å². The summed E-state index contributed by atoms with van der Waals surface area (Å²) in [5.41, 5.74) is 7.02. The lowest BCUT2D eigenvalue weighted by Crippen LogP contribution is -2.32. The zero-order chi connectivity index (χ0) is 13.8. The highest BCUT2D eigenvalue weighted by Crippen LogP contribution is 2.21. The third kappa shape index (κ3) is 3.53. The van der Waals surface area contributed by atoms with Gasteiger partial charge in [-0.25, -0.2) is 4.39 Å². The number of halogens is 1. The van der Waals surface area contributed by atoms with E-state index >= 15 is 0 Å². The minimum absolute atomic E-state index is 0.0584. The number of benzene rings is 1. The molecule has 1 saturated heterocycles. The van der Waals surface area contributed by atoms with Crippen LogP contribution in [0.1, 0.15) is 43.7 Å². The van der Waals surface area contributed by atoms with E-state index in [4.69, 9.17) is 11.1 Å². The van der Waals surface area contributed by atoms with E-state index < -0.39 is 0 Å². The second-order valence-corrected chi connectivity index (χ2v) is 5.38. The normalized spacial score (nSPS) is 21.1. The van der Waals surface area contributed by atoms with Crippen molar-refractivity contribution in [2.24, 2.45) is 5.73 Å². The number of likely N-dealkylation sites (tertiary alicyclic amines) is 1. The molecule has 1 aliphatic heterocycles. The number of amidine groups is 1. The van der Waals surface area contributed by atoms with E-state index in [1.165, 1.54) is 37.8 Å². The topological polar surface area (TPSA) is 53.1 Å². The standard InChI is InChI=1S/C15H22FN3/c1-11-5-3-2-4-8-19(11)10-12-6-7-13(16)9-14(12)15(17)18/h6-7,9,11H,2-5,8,10H2,1H3,(H3,17,18). The second-order valence-electron chi connectivity index (χ2n) is 5.38. The predicted octanol–water partition coefficient (Wildman–Crippen LogP) is 2.87. The molecule has 1 aliphatic rings. The molecule has 1 aromatic rings. The Bertz CT molecular complexity index is 459. The molecule has 0 spiro atoms. The van der Waals surface area contributed by atoms with Gasteiger partial charge in [-0.05, 0) is 44.0 Å². The molecule has 1 fully saturated rings. The summed E-state index contributed by atoms with van der Waals surface area (Å²) in [5.74, 6) is -0.394. The van der Waals surface area contributed by atoms with Gasteiger partial charge in [-0.2, -0.15) is 0 Å². The molecule has 0 aliphatic carbocycles. The molecular formula is C15H22FN3. The van der Waals surface area contributed by atoms with Crippen LogP contribution < -0.4 is 5.73 Å². The molecule has 0 aromatic heterocycles. The number of nitrogens with two attached hydrogens (primary N) is 1. The van der Waals surface area contributed by atoms with E-state index in [2.05, 4.69) is 11.8 Å². The van der Waals surface area contributed by atoms with E-state index in [0.29, 0.717) is 11.6 Å². The number of nitrogens with one attached hydrogen (secondary N) is 1. The summed E-state index contributed by atoms with van der Waals surface area (Å²) in [6.45, 7) is 4.05. The third-order valence-corrected chi connectivity index (χ3v) is 3.93. The fourth-order valence-electron chi connectivity index (χ4n) is 2.73. The lowest BCUT2D eigenvalue weighted by molar-refractivity contribution is 0.204. The molecule has 1 unspecified atom stereocenters. The predicted molar refractivity (Wildman–Crippen MR) is 75.8 cm³/mol. The van der Waals surface area contributed by atoms with Crippen LogP contribution in [-0.4, -0.2) is 23.3 Å². The molecule has 0 bridgehead atoms. The molecule has 2 rings (SSSR count). The number of hydrogen-bond acceptors (Lipinski definition) is 2. The van der Waals surface area contributed by atoms with Crippen LogP contribution >= 0.6 is 0 Å². The molecule has 1 aromatic carbocycles. The SMILES string of the molecule is CC1CCCCCN1Cc1ccc(F)cc1C(=N)N. The van der Waals surface area contributed by atoms with Crippen LogP contribution in [0.4, 0.5) is 4.39 Å². The minimum Gasteiger partial charge on any atom is -0.384 e. The Kier molecular flexibility index (Phi) is 4.53. The van der Waals surface area contributed by atoms with Crippen molar-refractivity contribution >= 4 is 5.84 Å². The Hall–Kier alpha value is -1.42. The molecule has 0 radical (unpaired) electrons. The zero-order valence-corrected chi connectivity index (χ0v) is 11.5. The van der Waals surface area contributed by atoms with Gasteiger partial charge in [0, 0.05) is 18.2 Å². The van der Waals surface area contributed by atoms with Gasteiger partial charge in [-0.3, -0.25) is 10.3 Å². The van der Waals surface area contributed by atoms with Gasteiger partial charge in [0.2, 0.25) is 0 Å². The van der Waals surface area contributed by atoms with Crippen molar-refractivity contribution in [2.75, 3.05) is 6.54 Å². The van der Waals surface area contributed by atoms with Crippen molar-refractivity contribution in [3.63, 3.8) is 0 Å². The van der Waals surface area contributed by atoms with Gasteiger partial charge in [0.25, 0.3) is 0 Å². The largest absolute Gasteiger partial charge is 0.384 e. The Balaban J connectivity index is 2.19. The van der Waals surface area contributed by atoms with E-state index in [0.717, 1.165) is 18.7 Å². The summed E-state index contributed by atoms with van der Waals surface area (Å²) in [6, 6.07) is 5.10. The van der Waals surface area contributed by atoms with Crippen LogP contribution in [0.2, 0.25) is 0 Å². The monoisotopic (exact) mass is 263 g/mol. The smallest absolute Gasteiger partial charge is 0.123 e. The third-order valence-electron chi connectivity index (χ3n) is 3.93. The second kappa shape index (κ2) is 6.15. The van der Waals surface area contributed by atoms with Crippen molar-refractivity contribution in [3.05, 3.63) is 35.1 Å². The average molecular weight is 263 g/mol. The first-order valence-electron chi connectivity index (χ1n) is 6.95. The van der Waals surface area contributed by atoms with Crippen LogP contribution in [0.15, 0.2) is 18.2 Å². The maximum atomic E-state index is 13.3. The lowest BCUT2D eigenvalue weighted by atomic mass is 10.0. The Morgan fingerprint density at radius 2 is 2.21 bits per heavy atom. The highest BCUT2D eigenvalue weighted by molar-refractivity contribution is 5.96. The Morgan fingerprint density at radius 1 is 1.42 bits per heavy atom. The molecular weight excluding hydrogens is 241 g/mol. The maximum Gasteiger partial charge on any atom is 0.123 e. The minimum atomic E-state index is -0.335. The highest BCUT2D eigenvalue weighted by atomic mass is 19.1. The maximum absolute atomic E-state index is 13.3. The van der Waals surface area contributed by atoms with Crippen molar-refractivity contribution in [3.8, 4) is 0 Å². The summed E-state index contributed by atoms with van der Waals surface area (Å²) >= 11 is 0. The van der Waals surface area contributed by atoms with Gasteiger partial charge in [-0.1, -0.05) is 18.9 Å². The molecule has 104 valence electrons. The zero-order valence-electron chi connectivity index (χ0n) is 11.5. The summed E-state index contributed by atoms with van der Waals surface area (Å²) in [4.78, 5) is 2.41. The van der Waals surface area contributed by atoms with Crippen molar-refractivity contribution in [2.45, 2.75) is 45.2 Å². The fourth-order valence-corrected chi connectivity index (χ4v) is 2.73. The average Bonchev–Trinajstić information content (AvgIpc) is 2.57. The first-order chi connectivity index (χ1) is 9.08. The number of nitrogens with zero attached hydrogens (tertiary/aromatic N) is 1. The van der Waals surface area contributed by atoms with Crippen molar-refractivity contribution in [1.29, 1.82) is 5.41 Å². The molecule has 4 heteroatoms. The van der Waals surface area contributed by atoms with Crippen LogP contribution in [-0.2, 0) is 6.54 Å². The van der Waals surface area contributed by atoms with Crippen LogP contribution in [0.25, 0.3) is 0 Å². The quantitative estimate of drug-likeness (QED) is 0.651. The Morgan fingerprint density at radius 3 is 2.95 bits per heavy atom. The Labute approximate surface area is 114 Å². The number of hydrogen-bond donors (Lipinski definition) is 2. The summed E-state index contributed by atoms with van der Waals surface area (Å²) in [5, 5.41) is 7.58. The number of rotatable bonds is 3. The van der Waals surface area contributed by atoms with Crippen LogP contribution in [0.5, 0.6) is 0 Å². The molecule has 3 N–H and O–H groups in total. The van der Waals surface area contributed by atoms with Gasteiger partial charge in [0.15, 0.2) is 0 Å². The molecule has 0 saturated carbocycles. The van der Waals surface area contributed by atoms with E-state index in [-0.39, 0.29) is 11.7 Å². The van der Waals surface area contributed by atoms with Crippen molar-refractivity contribution in [1.82, 2.24) is 4.90 Å². The van der Waals surface area contributed by atoms with Crippen molar-refractivity contribution < 1.29 is 4.39 Å². The van der Waals surface area contributed by atoms with E-state index in [1.807, 2.05) is 0 Å². The molecule has 1 atom stereocenters. The van der Waals surface area contributed by atoms with Gasteiger partial charge in [-0.15, -0.1) is 0 Å². The number of nitrogen functional groups attached to an aromatic ring is 1. The van der Waals surface area contributed by atoms with E-state index in [1.54, 1.807) is 6.07 Å². The van der Waals surface area contributed by atoms with Gasteiger partial charge in [0.05, 0.1) is 0 Å².